The Balaban J connectivity index is 3.08. The molecule has 1 aromatic rings. The Kier molecular flexibility index (Phi) is 5.29. The van der Waals surface area contributed by atoms with Crippen molar-refractivity contribution in [1.29, 1.82) is 0 Å². The van der Waals surface area contributed by atoms with E-state index in [1.165, 1.54) is 0 Å². The van der Waals surface area contributed by atoms with Gasteiger partial charge in [0, 0.05) is 21.1 Å². The summed E-state index contributed by atoms with van der Waals surface area (Å²) in [5.41, 5.74) is -0.393. The molecule has 0 spiro atoms. The van der Waals surface area contributed by atoms with Gasteiger partial charge in [0.1, 0.15) is 0 Å². The molecule has 19 heavy (non-hydrogen) atoms. The number of nitrogens with zero attached hydrogens (tertiary/aromatic N) is 4. The molecule has 3 N–H and O–H groups in total. The second-order valence-electron chi connectivity index (χ2n) is 4.70. The zero-order valence-corrected chi connectivity index (χ0v) is 12.4. The maximum absolute atomic E-state index is 9.58. The number of aliphatic hydroxyl groups is 1. The largest absolute Gasteiger partial charge is 0.394 e. The molecule has 1 aromatic heterocycles. The van der Waals surface area contributed by atoms with E-state index in [4.69, 9.17) is 0 Å². The first-order valence-electron chi connectivity index (χ1n) is 6.50. The molecule has 0 unspecified atom stereocenters. The second kappa shape index (κ2) is 6.51. The van der Waals surface area contributed by atoms with Crippen molar-refractivity contribution in [2.24, 2.45) is 0 Å². The Bertz CT molecular complexity index is 397. The van der Waals surface area contributed by atoms with Crippen molar-refractivity contribution in [2.45, 2.75) is 32.2 Å². The second-order valence-corrected chi connectivity index (χ2v) is 4.70. The summed E-state index contributed by atoms with van der Waals surface area (Å²) in [6.45, 7) is 4.09. The highest BCUT2D eigenvalue weighted by atomic mass is 16.3. The molecule has 7 nitrogen and oxygen atoms in total. The minimum atomic E-state index is -0.393. The lowest BCUT2D eigenvalue weighted by atomic mass is 9.94. The van der Waals surface area contributed by atoms with E-state index < -0.39 is 5.54 Å². The zero-order valence-electron chi connectivity index (χ0n) is 12.4. The topological polar surface area (TPSA) is 86.2 Å². The van der Waals surface area contributed by atoms with Gasteiger partial charge in [-0.15, -0.1) is 0 Å². The number of aliphatic hydroxyl groups excluding tert-OH is 1. The molecule has 108 valence electrons. The monoisotopic (exact) mass is 268 g/mol. The van der Waals surface area contributed by atoms with Crippen molar-refractivity contribution in [3.63, 3.8) is 0 Å². The number of anilines is 3. The zero-order chi connectivity index (χ0) is 14.5. The van der Waals surface area contributed by atoms with Crippen LogP contribution in [-0.4, -0.2) is 53.3 Å². The van der Waals surface area contributed by atoms with Crippen LogP contribution in [0.25, 0.3) is 0 Å². The predicted molar refractivity (Wildman–Crippen MR) is 77.7 cm³/mol. The average Bonchev–Trinajstić information content (AvgIpc) is 2.44. The molecule has 0 saturated heterocycles. The van der Waals surface area contributed by atoms with Gasteiger partial charge in [-0.2, -0.15) is 15.0 Å². The minimum absolute atomic E-state index is 0.0396. The Hall–Kier alpha value is -1.63. The van der Waals surface area contributed by atoms with Crippen LogP contribution in [0.1, 0.15) is 26.7 Å². The van der Waals surface area contributed by atoms with E-state index in [2.05, 4.69) is 25.6 Å². The lowest BCUT2D eigenvalue weighted by Gasteiger charge is -2.30. The van der Waals surface area contributed by atoms with Gasteiger partial charge in [-0.05, 0) is 12.8 Å². The quantitative estimate of drug-likeness (QED) is 0.678. The van der Waals surface area contributed by atoms with Gasteiger partial charge in [0.15, 0.2) is 0 Å². The maximum Gasteiger partial charge on any atom is 0.231 e. The van der Waals surface area contributed by atoms with Gasteiger partial charge in [-0.25, -0.2) is 0 Å². The lowest BCUT2D eigenvalue weighted by Crippen LogP contribution is -2.41. The third kappa shape index (κ3) is 3.66. The van der Waals surface area contributed by atoms with Crippen LogP contribution in [0.3, 0.4) is 0 Å². The Morgan fingerprint density at radius 3 is 2.11 bits per heavy atom. The van der Waals surface area contributed by atoms with Crippen LogP contribution in [0, 0.1) is 0 Å². The summed E-state index contributed by atoms with van der Waals surface area (Å²) < 4.78 is 0. The van der Waals surface area contributed by atoms with Crippen LogP contribution in [0.2, 0.25) is 0 Å². The smallest absolute Gasteiger partial charge is 0.231 e. The fraction of sp³-hybridized carbons (Fsp3) is 0.750. The number of aromatic nitrogens is 3. The van der Waals surface area contributed by atoms with Gasteiger partial charge in [0.25, 0.3) is 0 Å². The standard InChI is InChI=1S/C12H24N6O/c1-6-12(7-2,8-19)17-10-14-9(13-3)15-11(16-10)18(4)5/h19H,6-8H2,1-5H3,(H2,13,14,15,16,17). The Labute approximate surface area is 114 Å². The van der Waals surface area contributed by atoms with Gasteiger partial charge in [0.2, 0.25) is 17.8 Å². The number of nitrogens with one attached hydrogen (secondary N) is 2. The molecule has 0 bridgehead atoms. The molecular weight excluding hydrogens is 244 g/mol. The third-order valence-electron chi connectivity index (χ3n) is 3.28. The average molecular weight is 268 g/mol. The van der Waals surface area contributed by atoms with Gasteiger partial charge in [0.05, 0.1) is 12.1 Å². The first-order chi connectivity index (χ1) is 9.00. The fourth-order valence-electron chi connectivity index (χ4n) is 1.66. The van der Waals surface area contributed by atoms with E-state index in [9.17, 15) is 5.11 Å². The molecule has 0 fully saturated rings. The summed E-state index contributed by atoms with van der Waals surface area (Å²) in [6.07, 6.45) is 1.58. The van der Waals surface area contributed by atoms with Crippen LogP contribution >= 0.6 is 0 Å². The van der Waals surface area contributed by atoms with Gasteiger partial charge < -0.3 is 20.6 Å². The first kappa shape index (κ1) is 15.4. The fourth-order valence-corrected chi connectivity index (χ4v) is 1.66. The van der Waals surface area contributed by atoms with E-state index in [0.29, 0.717) is 17.8 Å². The van der Waals surface area contributed by atoms with Crippen molar-refractivity contribution in [1.82, 2.24) is 15.0 Å². The van der Waals surface area contributed by atoms with Crippen LogP contribution in [-0.2, 0) is 0 Å². The first-order valence-corrected chi connectivity index (χ1v) is 6.50. The van der Waals surface area contributed by atoms with Gasteiger partial charge >= 0.3 is 0 Å². The molecule has 0 aromatic carbocycles. The molecule has 0 saturated carbocycles. The Morgan fingerprint density at radius 1 is 1.11 bits per heavy atom. The molecule has 0 aliphatic rings. The number of hydrogen-bond donors (Lipinski definition) is 3. The molecular formula is C12H24N6O. The van der Waals surface area contributed by atoms with Crippen LogP contribution in [0.15, 0.2) is 0 Å². The van der Waals surface area contributed by atoms with E-state index in [1.807, 2.05) is 32.8 Å². The summed E-state index contributed by atoms with van der Waals surface area (Å²) >= 11 is 0. The summed E-state index contributed by atoms with van der Waals surface area (Å²) in [5, 5.41) is 15.7. The predicted octanol–water partition coefficient (Wildman–Crippen LogP) is 0.942. The van der Waals surface area contributed by atoms with Crippen LogP contribution < -0.4 is 15.5 Å². The number of hydrogen-bond acceptors (Lipinski definition) is 7. The van der Waals surface area contributed by atoms with Gasteiger partial charge in [-0.3, -0.25) is 0 Å². The van der Waals surface area contributed by atoms with Crippen molar-refractivity contribution >= 4 is 17.8 Å². The van der Waals surface area contributed by atoms with E-state index in [-0.39, 0.29) is 6.61 Å². The normalized spacial score (nSPS) is 11.3. The van der Waals surface area contributed by atoms with Crippen molar-refractivity contribution < 1.29 is 5.11 Å². The van der Waals surface area contributed by atoms with Crippen molar-refractivity contribution in [3.05, 3.63) is 0 Å². The van der Waals surface area contributed by atoms with Crippen molar-refractivity contribution in [2.75, 3.05) is 43.3 Å². The lowest BCUT2D eigenvalue weighted by molar-refractivity contribution is 0.201. The van der Waals surface area contributed by atoms with Crippen LogP contribution in [0.5, 0.6) is 0 Å². The number of rotatable bonds is 7. The third-order valence-corrected chi connectivity index (χ3v) is 3.28. The molecule has 0 aliphatic carbocycles. The maximum atomic E-state index is 9.58. The SMILES string of the molecule is CCC(CC)(CO)Nc1nc(NC)nc(N(C)C)n1. The summed E-state index contributed by atoms with van der Waals surface area (Å²) in [7, 11) is 5.51. The van der Waals surface area contributed by atoms with E-state index in [0.717, 1.165) is 12.8 Å². The van der Waals surface area contributed by atoms with Crippen LogP contribution in [0.4, 0.5) is 17.8 Å². The Morgan fingerprint density at radius 2 is 1.68 bits per heavy atom. The van der Waals surface area contributed by atoms with Crippen molar-refractivity contribution in [3.8, 4) is 0 Å². The highest BCUT2D eigenvalue weighted by molar-refractivity contribution is 5.44. The minimum Gasteiger partial charge on any atom is -0.394 e. The van der Waals surface area contributed by atoms with E-state index in [1.54, 1.807) is 7.05 Å². The molecule has 1 rings (SSSR count). The molecule has 0 amide bonds. The molecule has 1 heterocycles. The molecule has 7 heteroatoms. The summed E-state index contributed by atoms with van der Waals surface area (Å²) in [4.78, 5) is 14.7. The summed E-state index contributed by atoms with van der Waals surface area (Å²) in [5.74, 6) is 1.54. The summed E-state index contributed by atoms with van der Waals surface area (Å²) in [6, 6.07) is 0. The molecule has 0 atom stereocenters. The highest BCUT2D eigenvalue weighted by Crippen LogP contribution is 2.21. The molecule has 0 aliphatic heterocycles. The van der Waals surface area contributed by atoms with E-state index >= 15 is 0 Å². The molecule has 0 radical (unpaired) electrons. The van der Waals surface area contributed by atoms with Gasteiger partial charge in [-0.1, -0.05) is 13.8 Å². The highest BCUT2D eigenvalue weighted by Gasteiger charge is 2.26.